The van der Waals surface area contributed by atoms with Gasteiger partial charge < -0.3 is 10.2 Å². The number of hydrogen-bond donors (Lipinski definition) is 2. The van der Waals surface area contributed by atoms with Crippen LogP contribution in [0.15, 0.2) is 48.5 Å². The van der Waals surface area contributed by atoms with Gasteiger partial charge in [-0.15, -0.1) is 0 Å². The number of carbonyl (C=O) groups excluding carboxylic acids is 1. The monoisotopic (exact) mass is 401 g/mol. The fourth-order valence-corrected chi connectivity index (χ4v) is 4.46. The number of nitrogens with zero attached hydrogens (tertiary/aromatic N) is 1. The number of rotatable bonds is 7. The van der Waals surface area contributed by atoms with Crippen molar-refractivity contribution in [1.82, 2.24) is 0 Å². The minimum atomic E-state index is -3.39. The molecule has 0 aromatic heterocycles. The Kier molecular flexibility index (Phi) is 6.57. The van der Waals surface area contributed by atoms with Crippen molar-refractivity contribution >= 4 is 33.0 Å². The lowest BCUT2D eigenvalue weighted by Crippen LogP contribution is -2.29. The first-order valence-corrected chi connectivity index (χ1v) is 11.4. The normalized spacial score (nSPS) is 14.5. The molecule has 1 heterocycles. The van der Waals surface area contributed by atoms with E-state index in [1.165, 1.54) is 24.9 Å². The molecule has 1 amide bonds. The second-order valence-corrected chi connectivity index (χ2v) is 8.89. The van der Waals surface area contributed by atoms with Crippen LogP contribution in [0.4, 0.5) is 17.1 Å². The summed E-state index contributed by atoms with van der Waals surface area (Å²) >= 11 is 0. The fraction of sp³-hybridized carbons (Fsp3) is 0.381. The lowest BCUT2D eigenvalue weighted by atomic mass is 10.1. The topological polar surface area (TPSA) is 78.5 Å². The standard InChI is InChI=1S/C21H27N3O3S/c1-2-15-28(26,27)23-19-8-6-7-17(16-19)21(25)22-18-9-11-20(12-10-18)24-13-4-3-5-14-24/h6-12,16,23H,2-5,13-15H2,1H3,(H,22,25). The Bertz CT molecular complexity index is 905. The molecule has 7 heteroatoms. The minimum absolute atomic E-state index is 0.0484. The number of anilines is 3. The Balaban J connectivity index is 1.65. The zero-order valence-electron chi connectivity index (χ0n) is 16.1. The molecule has 1 saturated heterocycles. The van der Waals surface area contributed by atoms with E-state index in [1.54, 1.807) is 31.2 Å². The Morgan fingerprint density at radius 1 is 1.00 bits per heavy atom. The highest BCUT2D eigenvalue weighted by molar-refractivity contribution is 7.92. The molecule has 6 nitrogen and oxygen atoms in total. The molecule has 150 valence electrons. The van der Waals surface area contributed by atoms with Crippen LogP contribution in [0.25, 0.3) is 0 Å². The first kappa shape index (κ1) is 20.2. The van der Waals surface area contributed by atoms with Crippen molar-refractivity contribution in [2.24, 2.45) is 0 Å². The van der Waals surface area contributed by atoms with Crippen molar-refractivity contribution in [2.75, 3.05) is 33.8 Å². The number of hydrogen-bond acceptors (Lipinski definition) is 4. The second kappa shape index (κ2) is 9.10. The summed E-state index contributed by atoms with van der Waals surface area (Å²) in [6.45, 7) is 3.96. The van der Waals surface area contributed by atoms with E-state index in [2.05, 4.69) is 14.9 Å². The number of carbonyl (C=O) groups is 1. The van der Waals surface area contributed by atoms with Crippen LogP contribution in [-0.2, 0) is 10.0 Å². The highest BCUT2D eigenvalue weighted by Crippen LogP contribution is 2.22. The highest BCUT2D eigenvalue weighted by atomic mass is 32.2. The largest absolute Gasteiger partial charge is 0.372 e. The number of sulfonamides is 1. The summed E-state index contributed by atoms with van der Waals surface area (Å²) in [5, 5.41) is 2.87. The van der Waals surface area contributed by atoms with Gasteiger partial charge >= 0.3 is 0 Å². The van der Waals surface area contributed by atoms with Crippen LogP contribution >= 0.6 is 0 Å². The van der Waals surface area contributed by atoms with Crippen molar-refractivity contribution in [3.8, 4) is 0 Å². The van der Waals surface area contributed by atoms with Gasteiger partial charge in [-0.1, -0.05) is 13.0 Å². The van der Waals surface area contributed by atoms with Crippen LogP contribution in [-0.4, -0.2) is 33.2 Å². The van der Waals surface area contributed by atoms with Gasteiger partial charge in [0, 0.05) is 35.7 Å². The molecule has 0 saturated carbocycles. The van der Waals surface area contributed by atoms with Crippen LogP contribution in [0.2, 0.25) is 0 Å². The molecule has 0 aliphatic carbocycles. The third-order valence-electron chi connectivity index (χ3n) is 4.72. The Hall–Kier alpha value is -2.54. The van der Waals surface area contributed by atoms with E-state index in [9.17, 15) is 13.2 Å². The van der Waals surface area contributed by atoms with Gasteiger partial charge in [0.05, 0.1) is 5.75 Å². The van der Waals surface area contributed by atoms with Crippen LogP contribution < -0.4 is 14.9 Å². The van der Waals surface area contributed by atoms with Gasteiger partial charge in [0.1, 0.15) is 0 Å². The second-order valence-electron chi connectivity index (χ2n) is 7.05. The van der Waals surface area contributed by atoms with Gasteiger partial charge in [-0.05, 0) is 68.1 Å². The number of nitrogens with one attached hydrogen (secondary N) is 2. The van der Waals surface area contributed by atoms with Crippen LogP contribution in [0.1, 0.15) is 43.0 Å². The molecular weight excluding hydrogens is 374 g/mol. The van der Waals surface area contributed by atoms with Crippen molar-refractivity contribution in [3.05, 3.63) is 54.1 Å². The lowest BCUT2D eigenvalue weighted by molar-refractivity contribution is 0.102. The Morgan fingerprint density at radius 2 is 1.71 bits per heavy atom. The van der Waals surface area contributed by atoms with E-state index in [-0.39, 0.29) is 11.7 Å². The maximum absolute atomic E-state index is 12.5. The zero-order valence-corrected chi connectivity index (χ0v) is 17.0. The van der Waals surface area contributed by atoms with Gasteiger partial charge in [-0.2, -0.15) is 0 Å². The Morgan fingerprint density at radius 3 is 2.39 bits per heavy atom. The van der Waals surface area contributed by atoms with Crippen molar-refractivity contribution in [3.63, 3.8) is 0 Å². The zero-order chi connectivity index (χ0) is 20.0. The van der Waals surface area contributed by atoms with Crippen molar-refractivity contribution < 1.29 is 13.2 Å². The molecule has 1 fully saturated rings. The Labute approximate surface area is 167 Å². The number of benzene rings is 2. The minimum Gasteiger partial charge on any atom is -0.372 e. The van der Waals surface area contributed by atoms with E-state index in [0.29, 0.717) is 23.4 Å². The fourth-order valence-electron chi connectivity index (χ4n) is 3.33. The molecule has 28 heavy (non-hydrogen) atoms. The van der Waals surface area contributed by atoms with Crippen LogP contribution in [0.3, 0.4) is 0 Å². The third-order valence-corrected chi connectivity index (χ3v) is 6.21. The van der Waals surface area contributed by atoms with E-state index >= 15 is 0 Å². The van der Waals surface area contributed by atoms with Crippen LogP contribution in [0.5, 0.6) is 0 Å². The van der Waals surface area contributed by atoms with Crippen molar-refractivity contribution in [1.29, 1.82) is 0 Å². The lowest BCUT2D eigenvalue weighted by Gasteiger charge is -2.28. The molecule has 3 rings (SSSR count). The molecular formula is C21H27N3O3S. The third kappa shape index (κ3) is 5.48. The maximum atomic E-state index is 12.5. The summed E-state index contributed by atoms with van der Waals surface area (Å²) in [4.78, 5) is 14.9. The average molecular weight is 402 g/mol. The van der Waals surface area contributed by atoms with E-state index < -0.39 is 10.0 Å². The van der Waals surface area contributed by atoms with Gasteiger partial charge in [-0.3, -0.25) is 9.52 Å². The number of amides is 1. The van der Waals surface area contributed by atoms with Gasteiger partial charge in [0.25, 0.3) is 5.91 Å². The molecule has 2 aromatic rings. The van der Waals surface area contributed by atoms with Crippen molar-refractivity contribution in [2.45, 2.75) is 32.6 Å². The molecule has 2 aromatic carbocycles. The van der Waals surface area contributed by atoms with E-state index in [0.717, 1.165) is 13.1 Å². The van der Waals surface area contributed by atoms with E-state index in [1.807, 2.05) is 24.3 Å². The first-order chi connectivity index (χ1) is 13.5. The van der Waals surface area contributed by atoms with Gasteiger partial charge in [0.15, 0.2) is 0 Å². The molecule has 0 radical (unpaired) electrons. The molecule has 2 N–H and O–H groups in total. The molecule has 0 bridgehead atoms. The molecule has 0 atom stereocenters. The maximum Gasteiger partial charge on any atom is 0.255 e. The van der Waals surface area contributed by atoms with Crippen LogP contribution in [0, 0.1) is 0 Å². The SMILES string of the molecule is CCCS(=O)(=O)Nc1cccc(C(=O)Nc2ccc(N3CCCCC3)cc2)c1. The smallest absolute Gasteiger partial charge is 0.255 e. The van der Waals surface area contributed by atoms with Gasteiger partial charge in [0.2, 0.25) is 10.0 Å². The summed E-state index contributed by atoms with van der Waals surface area (Å²) in [6, 6.07) is 14.4. The molecule has 1 aliphatic heterocycles. The summed E-state index contributed by atoms with van der Waals surface area (Å²) in [6.07, 6.45) is 4.26. The average Bonchev–Trinajstić information content (AvgIpc) is 2.69. The molecule has 0 spiro atoms. The highest BCUT2D eigenvalue weighted by Gasteiger charge is 2.13. The summed E-state index contributed by atoms with van der Waals surface area (Å²) in [5.74, 6) is -0.227. The number of piperidine rings is 1. The quantitative estimate of drug-likeness (QED) is 0.733. The van der Waals surface area contributed by atoms with Gasteiger partial charge in [-0.25, -0.2) is 8.42 Å². The predicted molar refractivity (Wildman–Crippen MR) is 115 cm³/mol. The first-order valence-electron chi connectivity index (χ1n) is 9.74. The molecule has 1 aliphatic rings. The van der Waals surface area contributed by atoms with E-state index in [4.69, 9.17) is 0 Å². The summed E-state index contributed by atoms with van der Waals surface area (Å²) < 4.78 is 26.3. The molecule has 0 unspecified atom stereocenters. The summed E-state index contributed by atoms with van der Waals surface area (Å²) in [7, 11) is -3.39. The summed E-state index contributed by atoms with van der Waals surface area (Å²) in [5.41, 5.74) is 2.67. The predicted octanol–water partition coefficient (Wildman–Crippen LogP) is 4.08.